The number of imide groups is 1. The first-order valence-electron chi connectivity index (χ1n) is 31.2. The Balaban J connectivity index is 1.59. The number of nitrogens with one attached hydrogen (secondary N) is 7. The van der Waals surface area contributed by atoms with Gasteiger partial charge in [0, 0.05) is 70.9 Å². The van der Waals surface area contributed by atoms with E-state index in [1.807, 2.05) is 0 Å². The van der Waals surface area contributed by atoms with Crippen molar-refractivity contribution in [2.45, 2.75) is 103 Å². The van der Waals surface area contributed by atoms with E-state index in [1.165, 1.54) is 25.1 Å². The lowest BCUT2D eigenvalue weighted by Gasteiger charge is -2.25. The van der Waals surface area contributed by atoms with Gasteiger partial charge in [0.1, 0.15) is 24.0 Å². The topological polar surface area (TPSA) is 409 Å². The monoisotopic (exact) mass is 1330 g/mol. The van der Waals surface area contributed by atoms with Gasteiger partial charge in [0.25, 0.3) is 17.7 Å². The molecule has 1 aromatic carbocycles. The maximum Gasteiger partial charge on any atom is 0.407 e. The molecule has 3 atom stereocenters. The highest BCUT2D eigenvalue weighted by atomic mass is 16.6. The van der Waals surface area contributed by atoms with Crippen LogP contribution in [0.4, 0.5) is 15.3 Å². The predicted molar refractivity (Wildman–Crippen MR) is 333 cm³/mol. The Morgan fingerprint density at radius 3 is 1.59 bits per heavy atom. The van der Waals surface area contributed by atoms with Crippen molar-refractivity contribution in [3.05, 3.63) is 35.9 Å². The van der Waals surface area contributed by atoms with Crippen molar-refractivity contribution < 1.29 is 115 Å². The molecule has 0 radical (unpaired) electrons. The molecule has 0 aliphatic carbocycles. The van der Waals surface area contributed by atoms with E-state index in [0.717, 1.165) is 17.1 Å². The number of aliphatic carboxylic acids is 1. The van der Waals surface area contributed by atoms with Gasteiger partial charge >= 0.3 is 18.2 Å². The third-order valence-corrected chi connectivity index (χ3v) is 12.7. The average Bonchev–Trinajstić information content (AvgIpc) is 1.81. The molecular formula is C61H100N8O24. The molecule has 0 unspecified atom stereocenters. The number of benzene rings is 1. The fourth-order valence-corrected chi connectivity index (χ4v) is 8.10. The van der Waals surface area contributed by atoms with Gasteiger partial charge < -0.3 is 104 Å². The van der Waals surface area contributed by atoms with Gasteiger partial charge in [-0.15, -0.1) is 0 Å². The summed E-state index contributed by atoms with van der Waals surface area (Å²) in [5.41, 5.74) is -0.305. The smallest absolute Gasteiger partial charge is 0.407 e. The van der Waals surface area contributed by atoms with Crippen molar-refractivity contribution in [1.82, 2.24) is 36.8 Å². The molecule has 0 bridgehead atoms. The van der Waals surface area contributed by atoms with Gasteiger partial charge in [-0.1, -0.05) is 13.0 Å². The Morgan fingerprint density at radius 2 is 1.05 bits per heavy atom. The number of carboxylic acid groups (broad SMARTS) is 1. The molecular weight excluding hydrogens is 1230 g/mol. The number of unbranched alkanes of at least 4 members (excludes halogenated alkanes) is 1. The summed E-state index contributed by atoms with van der Waals surface area (Å²) in [6, 6.07) is 2.62. The number of carbonyl (C=O) groups excluding carboxylic acids is 9. The molecule has 0 spiro atoms. The van der Waals surface area contributed by atoms with E-state index in [4.69, 9.17) is 56.8 Å². The van der Waals surface area contributed by atoms with Crippen LogP contribution in [0.25, 0.3) is 0 Å². The van der Waals surface area contributed by atoms with Crippen molar-refractivity contribution >= 4 is 65.2 Å². The number of alkyl carbamates (subject to hydrolysis) is 2. The summed E-state index contributed by atoms with van der Waals surface area (Å²) < 4.78 is 64.2. The van der Waals surface area contributed by atoms with Crippen molar-refractivity contribution in [3.8, 4) is 5.75 Å². The molecule has 93 heavy (non-hydrogen) atoms. The lowest BCUT2D eigenvalue weighted by Crippen LogP contribution is -2.47. The van der Waals surface area contributed by atoms with Crippen LogP contribution in [0, 0.1) is 5.92 Å². The predicted octanol–water partition coefficient (Wildman–Crippen LogP) is 0.888. The van der Waals surface area contributed by atoms with Crippen molar-refractivity contribution in [2.24, 2.45) is 5.92 Å². The number of carbonyl (C=O) groups is 10. The number of anilines is 1. The Bertz CT molecular complexity index is 2380. The number of phenols is 1. The number of aromatic hydroxyl groups is 1. The maximum atomic E-state index is 13.3. The van der Waals surface area contributed by atoms with Gasteiger partial charge in [0.15, 0.2) is 6.61 Å². The average molecular weight is 1330 g/mol. The second-order valence-electron chi connectivity index (χ2n) is 21.8. The van der Waals surface area contributed by atoms with Gasteiger partial charge in [-0.25, -0.2) is 9.59 Å². The third kappa shape index (κ3) is 44.2. The van der Waals surface area contributed by atoms with Crippen LogP contribution in [0.5, 0.6) is 5.75 Å². The summed E-state index contributed by atoms with van der Waals surface area (Å²) in [6.07, 6.45) is 2.13. The zero-order valence-electron chi connectivity index (χ0n) is 54.5. The Morgan fingerprint density at radius 1 is 0.548 bits per heavy atom. The first kappa shape index (κ1) is 82.0. The molecule has 32 heteroatoms. The number of nitrogens with zero attached hydrogens (tertiary/aromatic N) is 1. The molecule has 2 rings (SSSR count). The standard InChI is InChI=1S/C61H100N8O24/c1-45(58(78)79)40-47(66-60(81)93-61(2,3)4)41-46-13-14-50(70)49(42-46)68-54(74)44-92-59(80)65-20-19-63-51(71)11-8-18-64-57(77)48(67-52(72)12-9-21-69-55(75)15-16-56(69)76)10-6-7-17-62-53(73)43-91-39-38-90-37-36-89-35-34-88-33-32-87-31-30-86-29-28-85-27-26-84-25-24-83-23-22-82-5/h13-16,42,45,47-48,70H,6-12,17-41,43-44H2,1-5H3,(H,62,73)(H,63,71)(H,64,77)(H,65,80)(H,66,81)(H,67,72)(H,68,74)(H,78,79)/t45-,47+,48-/m0/s1. The first-order valence-corrected chi connectivity index (χ1v) is 31.2. The molecule has 528 valence electrons. The highest BCUT2D eigenvalue weighted by Crippen LogP contribution is 2.26. The van der Waals surface area contributed by atoms with Crippen LogP contribution >= 0.6 is 0 Å². The maximum absolute atomic E-state index is 13.3. The van der Waals surface area contributed by atoms with Crippen molar-refractivity contribution in [2.75, 3.05) is 177 Å². The highest BCUT2D eigenvalue weighted by Gasteiger charge is 2.26. The van der Waals surface area contributed by atoms with E-state index < -0.39 is 83.8 Å². The number of ether oxygens (including phenoxy) is 12. The molecule has 1 aromatic rings. The summed E-state index contributed by atoms with van der Waals surface area (Å²) in [5.74, 6) is -5.67. The molecule has 0 saturated heterocycles. The van der Waals surface area contributed by atoms with Crippen LogP contribution in [0.1, 0.15) is 84.6 Å². The minimum atomic E-state index is -1.06. The number of carboxylic acids is 1. The van der Waals surface area contributed by atoms with E-state index in [2.05, 4.69) is 37.2 Å². The summed E-state index contributed by atoms with van der Waals surface area (Å²) in [4.78, 5) is 125. The van der Waals surface area contributed by atoms with E-state index in [0.29, 0.717) is 124 Å². The third-order valence-electron chi connectivity index (χ3n) is 12.7. The molecule has 32 nitrogen and oxygen atoms in total. The summed E-state index contributed by atoms with van der Waals surface area (Å²) in [6.45, 7) is 13.5. The highest BCUT2D eigenvalue weighted by molar-refractivity contribution is 6.12. The molecule has 0 aromatic heterocycles. The zero-order chi connectivity index (χ0) is 68.3. The van der Waals surface area contributed by atoms with Crippen LogP contribution in [0.2, 0.25) is 0 Å². The normalized spacial score (nSPS) is 13.0. The number of hydrogen-bond acceptors (Lipinski definition) is 23. The number of rotatable bonds is 56. The van der Waals surface area contributed by atoms with E-state index in [-0.39, 0.29) is 115 Å². The molecule has 1 aliphatic rings. The molecule has 0 saturated carbocycles. The van der Waals surface area contributed by atoms with Gasteiger partial charge in [-0.05, 0) is 83.4 Å². The van der Waals surface area contributed by atoms with Crippen LogP contribution < -0.4 is 37.2 Å². The van der Waals surface area contributed by atoms with E-state index in [1.54, 1.807) is 27.9 Å². The van der Waals surface area contributed by atoms with Crippen molar-refractivity contribution in [3.63, 3.8) is 0 Å². The molecule has 1 aliphatic heterocycles. The molecule has 9 N–H and O–H groups in total. The minimum Gasteiger partial charge on any atom is -0.506 e. The van der Waals surface area contributed by atoms with Crippen LogP contribution in [0.3, 0.4) is 0 Å². The fraction of sp³-hybridized carbons (Fsp3) is 0.705. The van der Waals surface area contributed by atoms with E-state index in [9.17, 15) is 58.2 Å². The SMILES string of the molecule is COCCOCCOCCOCCOCCOCCOCCOCCOCCOCC(=O)NCCCC[C@H](NC(=O)CCCN1C(=O)C=CC1=O)C(=O)NCCCC(=O)NCCNC(=O)OCC(=O)Nc1cc(C[C@@H](C[C@H](C)C(=O)O)NC(=O)OC(C)(C)C)ccc1O. The molecule has 0 fully saturated rings. The summed E-state index contributed by atoms with van der Waals surface area (Å²) in [7, 11) is 1.62. The Kier molecular flexibility index (Phi) is 45.2. The van der Waals surface area contributed by atoms with Gasteiger partial charge in [-0.3, -0.25) is 43.3 Å². The Labute approximate surface area is 543 Å². The summed E-state index contributed by atoms with van der Waals surface area (Å²) in [5, 5.41) is 38.2. The molecule has 1 heterocycles. The largest absolute Gasteiger partial charge is 0.506 e. The second kappa shape index (κ2) is 51.3. The van der Waals surface area contributed by atoms with Crippen molar-refractivity contribution in [1.29, 1.82) is 0 Å². The second-order valence-corrected chi connectivity index (χ2v) is 21.8. The number of amides is 9. The van der Waals surface area contributed by atoms with Gasteiger partial charge in [0.05, 0.1) is 131 Å². The van der Waals surface area contributed by atoms with Crippen LogP contribution in [-0.2, 0) is 102 Å². The Hall–Kier alpha value is -7.14. The lowest BCUT2D eigenvalue weighted by molar-refractivity contribution is -0.141. The van der Waals surface area contributed by atoms with Crippen LogP contribution in [0.15, 0.2) is 30.4 Å². The number of methoxy groups -OCH3 is 1. The van der Waals surface area contributed by atoms with Gasteiger partial charge in [-0.2, -0.15) is 0 Å². The quantitative estimate of drug-likeness (QED) is 0.0248. The van der Waals surface area contributed by atoms with Gasteiger partial charge in [0.2, 0.25) is 23.6 Å². The fourth-order valence-electron chi connectivity index (χ4n) is 8.10. The van der Waals surface area contributed by atoms with Crippen LogP contribution in [-0.4, -0.2) is 264 Å². The number of phenolic OH excluding ortho intramolecular Hbond substituents is 1. The minimum absolute atomic E-state index is 0.00732. The lowest BCUT2D eigenvalue weighted by atomic mass is 9.96. The molecule has 9 amide bonds. The first-order chi connectivity index (χ1) is 44.7. The number of hydrogen-bond donors (Lipinski definition) is 9. The van der Waals surface area contributed by atoms with E-state index >= 15 is 0 Å². The zero-order valence-corrected chi connectivity index (χ0v) is 54.5. The summed E-state index contributed by atoms with van der Waals surface area (Å²) >= 11 is 0.